The number of ether oxygens (including phenoxy) is 2. The third-order valence-electron chi connectivity index (χ3n) is 4.16. The minimum Gasteiger partial charge on any atom is -0.465 e. The summed E-state index contributed by atoms with van der Waals surface area (Å²) in [4.78, 5) is 37.4. The highest BCUT2D eigenvalue weighted by Gasteiger charge is 2.27. The molecule has 1 heterocycles. The molecule has 6 nitrogen and oxygen atoms in total. The number of fused-ring (bicyclic) bond motifs is 1. The first-order valence-corrected chi connectivity index (χ1v) is 9.16. The van der Waals surface area contributed by atoms with E-state index in [9.17, 15) is 14.4 Å². The summed E-state index contributed by atoms with van der Waals surface area (Å²) in [5.41, 5.74) is 1.77. The van der Waals surface area contributed by atoms with Gasteiger partial charge in [0.25, 0.3) is 5.91 Å². The van der Waals surface area contributed by atoms with E-state index in [1.165, 1.54) is 18.4 Å². The number of thiophene rings is 1. The van der Waals surface area contributed by atoms with Crippen LogP contribution in [0.2, 0.25) is 0 Å². The molecule has 0 spiro atoms. The standard InChI is InChI=1S/C19H19NO5S/c1-24-19(23)16-13-9-5-6-10-14(13)26-17(16)20-15(21)11-25-18(22)12-7-3-2-4-8-12/h2-4,7-8H,5-6,9-11H2,1H3,(H,20,21). The van der Waals surface area contributed by atoms with Gasteiger partial charge in [-0.15, -0.1) is 11.3 Å². The Morgan fingerprint density at radius 1 is 1.08 bits per heavy atom. The number of hydrogen-bond acceptors (Lipinski definition) is 6. The van der Waals surface area contributed by atoms with Crippen molar-refractivity contribution in [2.24, 2.45) is 0 Å². The molecule has 0 aliphatic heterocycles. The number of anilines is 1. The zero-order chi connectivity index (χ0) is 18.5. The van der Waals surface area contributed by atoms with Gasteiger partial charge in [0.1, 0.15) is 5.00 Å². The third kappa shape index (κ3) is 3.94. The fraction of sp³-hybridized carbons (Fsp3) is 0.316. The third-order valence-corrected chi connectivity index (χ3v) is 5.36. The van der Waals surface area contributed by atoms with Crippen LogP contribution in [0.4, 0.5) is 5.00 Å². The van der Waals surface area contributed by atoms with E-state index in [-0.39, 0.29) is 0 Å². The molecule has 0 bridgehead atoms. The van der Waals surface area contributed by atoms with E-state index >= 15 is 0 Å². The predicted molar refractivity (Wildman–Crippen MR) is 97.7 cm³/mol. The highest BCUT2D eigenvalue weighted by Crippen LogP contribution is 2.38. The zero-order valence-electron chi connectivity index (χ0n) is 14.4. The number of esters is 2. The second-order valence-electron chi connectivity index (χ2n) is 5.90. The van der Waals surface area contributed by atoms with Crippen LogP contribution in [0.25, 0.3) is 0 Å². The summed E-state index contributed by atoms with van der Waals surface area (Å²) in [7, 11) is 1.32. The van der Waals surface area contributed by atoms with Gasteiger partial charge in [-0.05, 0) is 43.4 Å². The number of methoxy groups -OCH3 is 1. The molecule has 0 saturated heterocycles. The molecule has 7 heteroatoms. The van der Waals surface area contributed by atoms with Crippen molar-refractivity contribution < 1.29 is 23.9 Å². The topological polar surface area (TPSA) is 81.7 Å². The molecule has 1 aromatic carbocycles. The van der Waals surface area contributed by atoms with E-state index in [2.05, 4.69) is 5.32 Å². The second-order valence-corrected chi connectivity index (χ2v) is 7.00. The Morgan fingerprint density at radius 3 is 2.54 bits per heavy atom. The quantitative estimate of drug-likeness (QED) is 0.814. The molecule has 3 rings (SSSR count). The van der Waals surface area contributed by atoms with Crippen LogP contribution < -0.4 is 5.32 Å². The lowest BCUT2D eigenvalue weighted by Gasteiger charge is -2.11. The van der Waals surface area contributed by atoms with Gasteiger partial charge in [-0.25, -0.2) is 9.59 Å². The Morgan fingerprint density at radius 2 is 1.81 bits per heavy atom. The van der Waals surface area contributed by atoms with E-state index in [4.69, 9.17) is 9.47 Å². The Balaban J connectivity index is 1.68. The minimum absolute atomic E-state index is 0.377. The fourth-order valence-electron chi connectivity index (χ4n) is 2.92. The van der Waals surface area contributed by atoms with Crippen LogP contribution in [0.1, 0.15) is 44.0 Å². The number of carbonyl (C=O) groups excluding carboxylic acids is 3. The lowest BCUT2D eigenvalue weighted by molar-refractivity contribution is -0.119. The molecule has 0 fully saturated rings. The lowest BCUT2D eigenvalue weighted by Crippen LogP contribution is -2.21. The summed E-state index contributed by atoms with van der Waals surface area (Å²) in [6.45, 7) is -0.420. The van der Waals surface area contributed by atoms with Crippen molar-refractivity contribution in [1.29, 1.82) is 0 Å². The molecule has 0 unspecified atom stereocenters. The van der Waals surface area contributed by atoms with Crippen molar-refractivity contribution in [3.05, 3.63) is 51.9 Å². The van der Waals surface area contributed by atoms with Crippen LogP contribution >= 0.6 is 11.3 Å². The lowest BCUT2D eigenvalue weighted by atomic mass is 9.95. The molecule has 136 valence electrons. The van der Waals surface area contributed by atoms with Gasteiger partial charge in [0.05, 0.1) is 18.2 Å². The van der Waals surface area contributed by atoms with E-state index in [1.807, 2.05) is 0 Å². The van der Waals surface area contributed by atoms with Gasteiger partial charge >= 0.3 is 11.9 Å². The Bertz CT molecular complexity index is 828. The van der Waals surface area contributed by atoms with Crippen LogP contribution in [-0.4, -0.2) is 31.6 Å². The maximum atomic E-state index is 12.2. The molecule has 1 aliphatic rings. The first-order chi connectivity index (χ1) is 12.6. The average molecular weight is 373 g/mol. The molecule has 0 atom stereocenters. The van der Waals surface area contributed by atoms with E-state index in [1.54, 1.807) is 30.3 Å². The van der Waals surface area contributed by atoms with E-state index in [0.29, 0.717) is 16.1 Å². The molecular weight excluding hydrogens is 354 g/mol. The largest absolute Gasteiger partial charge is 0.465 e. The molecule has 1 aromatic heterocycles. The second kappa shape index (κ2) is 8.14. The van der Waals surface area contributed by atoms with Crippen LogP contribution in [0.15, 0.2) is 30.3 Å². The van der Waals surface area contributed by atoms with Gasteiger partial charge in [-0.3, -0.25) is 4.79 Å². The molecule has 0 saturated carbocycles. The van der Waals surface area contributed by atoms with Gasteiger partial charge in [-0.2, -0.15) is 0 Å². The monoisotopic (exact) mass is 373 g/mol. The maximum Gasteiger partial charge on any atom is 0.341 e. The van der Waals surface area contributed by atoms with Crippen molar-refractivity contribution >= 4 is 34.2 Å². The smallest absolute Gasteiger partial charge is 0.341 e. The Labute approximate surface area is 155 Å². The normalized spacial score (nSPS) is 12.8. The summed E-state index contributed by atoms with van der Waals surface area (Å²) in [6.07, 6.45) is 3.77. The number of benzene rings is 1. The van der Waals surface area contributed by atoms with E-state index < -0.39 is 24.5 Å². The Kier molecular flexibility index (Phi) is 5.68. The summed E-state index contributed by atoms with van der Waals surface area (Å²) in [5, 5.41) is 3.15. The van der Waals surface area contributed by atoms with Crippen molar-refractivity contribution in [3.8, 4) is 0 Å². The first-order valence-electron chi connectivity index (χ1n) is 8.35. The van der Waals surface area contributed by atoms with Gasteiger partial charge in [0, 0.05) is 4.88 Å². The molecule has 0 radical (unpaired) electrons. The number of aryl methyl sites for hydroxylation is 1. The number of carbonyl (C=O) groups is 3. The molecule has 1 amide bonds. The van der Waals surface area contributed by atoms with Gasteiger partial charge in [0.15, 0.2) is 6.61 Å². The highest BCUT2D eigenvalue weighted by molar-refractivity contribution is 7.17. The van der Waals surface area contributed by atoms with E-state index in [0.717, 1.165) is 36.1 Å². The minimum atomic E-state index is -0.570. The molecule has 1 aliphatic carbocycles. The SMILES string of the molecule is COC(=O)c1c(NC(=O)COC(=O)c2ccccc2)sc2c1CCCC2. The van der Waals surface area contributed by atoms with Crippen LogP contribution in [-0.2, 0) is 27.1 Å². The van der Waals surface area contributed by atoms with Crippen LogP contribution in [0.5, 0.6) is 0 Å². The first kappa shape index (κ1) is 18.1. The molecular formula is C19H19NO5S. The van der Waals surface area contributed by atoms with Crippen molar-refractivity contribution in [2.75, 3.05) is 19.0 Å². The highest BCUT2D eigenvalue weighted by atomic mass is 32.1. The van der Waals surface area contributed by atoms with Crippen molar-refractivity contribution in [2.45, 2.75) is 25.7 Å². The van der Waals surface area contributed by atoms with Crippen LogP contribution in [0, 0.1) is 0 Å². The fourth-order valence-corrected chi connectivity index (χ4v) is 4.22. The number of amides is 1. The number of nitrogens with one attached hydrogen (secondary N) is 1. The maximum absolute atomic E-state index is 12.2. The average Bonchev–Trinajstić information content (AvgIpc) is 3.03. The summed E-state index contributed by atoms with van der Waals surface area (Å²) in [5.74, 6) is -1.52. The van der Waals surface area contributed by atoms with Crippen molar-refractivity contribution in [1.82, 2.24) is 0 Å². The van der Waals surface area contributed by atoms with Gasteiger partial charge in [-0.1, -0.05) is 18.2 Å². The van der Waals surface area contributed by atoms with Gasteiger partial charge < -0.3 is 14.8 Å². The van der Waals surface area contributed by atoms with Gasteiger partial charge in [0.2, 0.25) is 0 Å². The summed E-state index contributed by atoms with van der Waals surface area (Å²) in [6, 6.07) is 8.45. The molecule has 1 N–H and O–H groups in total. The molecule has 26 heavy (non-hydrogen) atoms. The molecule has 2 aromatic rings. The number of rotatable bonds is 5. The Hall–Kier alpha value is -2.67. The summed E-state index contributed by atoms with van der Waals surface area (Å²) < 4.78 is 9.90. The number of hydrogen-bond donors (Lipinski definition) is 1. The predicted octanol–water partition coefficient (Wildman–Crippen LogP) is 3.21. The van der Waals surface area contributed by atoms with Crippen LogP contribution in [0.3, 0.4) is 0 Å². The summed E-state index contributed by atoms with van der Waals surface area (Å²) >= 11 is 1.39. The van der Waals surface area contributed by atoms with Crippen molar-refractivity contribution in [3.63, 3.8) is 0 Å². The zero-order valence-corrected chi connectivity index (χ0v) is 15.2.